The van der Waals surface area contributed by atoms with E-state index in [1.54, 1.807) is 24.3 Å². The number of hydrogen-bond donors (Lipinski definition) is 2. The van der Waals surface area contributed by atoms with Gasteiger partial charge in [0.25, 0.3) is 0 Å². The van der Waals surface area contributed by atoms with E-state index in [1.807, 2.05) is 0 Å². The lowest BCUT2D eigenvalue weighted by Gasteiger charge is -2.01. The maximum absolute atomic E-state index is 9.10. The number of rotatable bonds is 2. The topological polar surface area (TPSA) is 89.9 Å². The van der Waals surface area contributed by atoms with Gasteiger partial charge < -0.3 is 10.8 Å². The Bertz CT molecular complexity index is 422. The summed E-state index contributed by atoms with van der Waals surface area (Å²) in [6.07, 6.45) is 0. The second kappa shape index (κ2) is 3.43. The monoisotopic (exact) mass is 191 g/mol. The van der Waals surface area contributed by atoms with Gasteiger partial charge in [0.05, 0.1) is 12.2 Å². The number of tetrazole rings is 1. The zero-order chi connectivity index (χ0) is 9.97. The van der Waals surface area contributed by atoms with Gasteiger partial charge in [0.15, 0.2) is 5.82 Å². The van der Waals surface area contributed by atoms with E-state index in [0.717, 1.165) is 5.69 Å². The molecule has 2 rings (SSSR count). The minimum absolute atomic E-state index is 0.205. The van der Waals surface area contributed by atoms with E-state index >= 15 is 0 Å². The summed E-state index contributed by atoms with van der Waals surface area (Å²) >= 11 is 0. The molecule has 0 unspecified atom stereocenters. The van der Waals surface area contributed by atoms with Crippen LogP contribution < -0.4 is 5.73 Å². The van der Waals surface area contributed by atoms with Crippen LogP contribution in [0.1, 0.15) is 5.82 Å². The molecule has 0 spiro atoms. The Hall–Kier alpha value is -1.95. The van der Waals surface area contributed by atoms with Crippen LogP contribution in [0.5, 0.6) is 5.75 Å². The number of nitrogens with zero attached hydrogens (tertiary/aromatic N) is 4. The van der Waals surface area contributed by atoms with E-state index in [0.29, 0.717) is 5.82 Å². The van der Waals surface area contributed by atoms with E-state index in [2.05, 4.69) is 15.5 Å². The van der Waals surface area contributed by atoms with E-state index in [4.69, 9.17) is 10.8 Å². The number of benzene rings is 1. The summed E-state index contributed by atoms with van der Waals surface area (Å²) in [4.78, 5) is 0. The third-order valence-corrected chi connectivity index (χ3v) is 1.81. The van der Waals surface area contributed by atoms with Gasteiger partial charge in [-0.3, -0.25) is 0 Å². The van der Waals surface area contributed by atoms with Crippen molar-refractivity contribution in [2.75, 3.05) is 0 Å². The maximum Gasteiger partial charge on any atom is 0.170 e. The molecule has 2 aromatic rings. The predicted molar refractivity (Wildman–Crippen MR) is 48.7 cm³/mol. The largest absolute Gasteiger partial charge is 0.508 e. The molecule has 0 saturated heterocycles. The number of hydrogen-bond acceptors (Lipinski definition) is 5. The van der Waals surface area contributed by atoms with Gasteiger partial charge in [0.2, 0.25) is 0 Å². The minimum atomic E-state index is 0.205. The molecule has 72 valence electrons. The summed E-state index contributed by atoms with van der Waals surface area (Å²) in [6.45, 7) is 0.272. The molecule has 0 saturated carbocycles. The number of nitrogens with two attached hydrogens (primary N) is 1. The highest BCUT2D eigenvalue weighted by atomic mass is 16.3. The number of phenols is 1. The van der Waals surface area contributed by atoms with Crippen LogP contribution in [0.2, 0.25) is 0 Å². The first-order valence-electron chi connectivity index (χ1n) is 4.08. The highest BCUT2D eigenvalue weighted by Crippen LogP contribution is 2.13. The summed E-state index contributed by atoms with van der Waals surface area (Å²) < 4.78 is 1.53. The number of phenolic OH excluding ortho intramolecular Hbond substituents is 1. The fourth-order valence-electron chi connectivity index (χ4n) is 1.13. The molecule has 3 N–H and O–H groups in total. The van der Waals surface area contributed by atoms with Gasteiger partial charge in [-0.15, -0.1) is 5.10 Å². The molecule has 6 heteroatoms. The normalized spacial score (nSPS) is 10.4. The number of aromatic nitrogens is 4. The fraction of sp³-hybridized carbons (Fsp3) is 0.125. The first kappa shape index (κ1) is 8.64. The van der Waals surface area contributed by atoms with Crippen LogP contribution in [0, 0.1) is 0 Å². The molecule has 0 aliphatic heterocycles. The number of aromatic hydroxyl groups is 1. The maximum atomic E-state index is 9.10. The molecule has 14 heavy (non-hydrogen) atoms. The quantitative estimate of drug-likeness (QED) is 0.687. The molecule has 1 heterocycles. The lowest BCUT2D eigenvalue weighted by atomic mass is 10.3. The van der Waals surface area contributed by atoms with Crippen LogP contribution in [0.4, 0.5) is 0 Å². The zero-order valence-electron chi connectivity index (χ0n) is 7.33. The standard InChI is InChI=1S/C8H9N5O/c9-5-8-10-11-12-13(8)6-1-3-7(14)4-2-6/h1-4,14H,5,9H2. The van der Waals surface area contributed by atoms with E-state index in [9.17, 15) is 0 Å². The van der Waals surface area contributed by atoms with Crippen LogP contribution in [-0.4, -0.2) is 25.3 Å². The summed E-state index contributed by atoms with van der Waals surface area (Å²) in [5.74, 6) is 0.784. The van der Waals surface area contributed by atoms with Gasteiger partial charge in [-0.2, -0.15) is 4.68 Å². The summed E-state index contributed by atoms with van der Waals surface area (Å²) in [5, 5.41) is 20.1. The van der Waals surface area contributed by atoms with Crippen molar-refractivity contribution in [3.8, 4) is 11.4 Å². The van der Waals surface area contributed by atoms with Crippen LogP contribution >= 0.6 is 0 Å². The second-order valence-electron chi connectivity index (χ2n) is 2.73. The van der Waals surface area contributed by atoms with Gasteiger partial charge in [0, 0.05) is 0 Å². The van der Waals surface area contributed by atoms with E-state index < -0.39 is 0 Å². The Morgan fingerprint density at radius 2 is 2.00 bits per heavy atom. The van der Waals surface area contributed by atoms with Gasteiger partial charge in [-0.1, -0.05) is 0 Å². The lowest BCUT2D eigenvalue weighted by Crippen LogP contribution is -2.07. The average Bonchev–Trinajstić information content (AvgIpc) is 2.67. The molecule has 6 nitrogen and oxygen atoms in total. The Labute approximate surface area is 80.0 Å². The molecule has 0 atom stereocenters. The Balaban J connectivity index is 2.44. The van der Waals surface area contributed by atoms with Gasteiger partial charge in [-0.25, -0.2) is 0 Å². The van der Waals surface area contributed by atoms with Crippen molar-refractivity contribution in [2.24, 2.45) is 5.73 Å². The first-order chi connectivity index (χ1) is 6.81. The second-order valence-corrected chi connectivity index (χ2v) is 2.73. The molecule has 0 radical (unpaired) electrons. The lowest BCUT2D eigenvalue weighted by molar-refractivity contribution is 0.475. The Morgan fingerprint density at radius 3 is 2.64 bits per heavy atom. The molecule has 0 aliphatic carbocycles. The van der Waals surface area contributed by atoms with Crippen molar-refractivity contribution in [1.82, 2.24) is 20.2 Å². The minimum Gasteiger partial charge on any atom is -0.508 e. The van der Waals surface area contributed by atoms with Crippen molar-refractivity contribution in [3.05, 3.63) is 30.1 Å². The highest BCUT2D eigenvalue weighted by Gasteiger charge is 2.05. The summed E-state index contributed by atoms with van der Waals surface area (Å²) in [6, 6.07) is 6.56. The fourth-order valence-corrected chi connectivity index (χ4v) is 1.13. The third-order valence-electron chi connectivity index (χ3n) is 1.81. The van der Waals surface area contributed by atoms with E-state index in [-0.39, 0.29) is 12.3 Å². The summed E-state index contributed by atoms with van der Waals surface area (Å²) in [7, 11) is 0. The van der Waals surface area contributed by atoms with Crippen molar-refractivity contribution < 1.29 is 5.11 Å². The molecular weight excluding hydrogens is 182 g/mol. The Morgan fingerprint density at radius 1 is 1.29 bits per heavy atom. The molecule has 0 fully saturated rings. The molecule has 0 bridgehead atoms. The van der Waals surface area contributed by atoms with Crippen LogP contribution in [-0.2, 0) is 6.54 Å². The van der Waals surface area contributed by atoms with Crippen molar-refractivity contribution >= 4 is 0 Å². The predicted octanol–water partition coefficient (Wildman–Crippen LogP) is -0.173. The van der Waals surface area contributed by atoms with E-state index in [1.165, 1.54) is 4.68 Å². The van der Waals surface area contributed by atoms with Crippen LogP contribution in [0.15, 0.2) is 24.3 Å². The first-order valence-corrected chi connectivity index (χ1v) is 4.08. The molecule has 1 aromatic carbocycles. The Kier molecular flexibility index (Phi) is 2.11. The molecular formula is C8H9N5O. The molecule has 0 aliphatic rings. The van der Waals surface area contributed by atoms with Gasteiger partial charge in [0.1, 0.15) is 5.75 Å². The summed E-state index contributed by atoms with van der Waals surface area (Å²) in [5.41, 5.74) is 6.22. The SMILES string of the molecule is NCc1nnnn1-c1ccc(O)cc1. The van der Waals surface area contributed by atoms with Gasteiger partial charge >= 0.3 is 0 Å². The smallest absolute Gasteiger partial charge is 0.170 e. The van der Waals surface area contributed by atoms with Crippen molar-refractivity contribution in [3.63, 3.8) is 0 Å². The molecule has 0 amide bonds. The molecule has 1 aromatic heterocycles. The van der Waals surface area contributed by atoms with Crippen molar-refractivity contribution in [2.45, 2.75) is 6.54 Å². The van der Waals surface area contributed by atoms with Crippen LogP contribution in [0.3, 0.4) is 0 Å². The third kappa shape index (κ3) is 1.42. The van der Waals surface area contributed by atoms with Crippen molar-refractivity contribution in [1.29, 1.82) is 0 Å². The van der Waals surface area contributed by atoms with Crippen LogP contribution in [0.25, 0.3) is 5.69 Å². The average molecular weight is 191 g/mol. The highest BCUT2D eigenvalue weighted by molar-refractivity contribution is 5.36. The van der Waals surface area contributed by atoms with Gasteiger partial charge in [-0.05, 0) is 34.7 Å². The zero-order valence-corrected chi connectivity index (χ0v) is 7.33.